The Morgan fingerprint density at radius 2 is 2.28 bits per heavy atom. The topological polar surface area (TPSA) is 75.1 Å². The minimum atomic E-state index is -0.718. The number of nitriles is 1. The molecule has 0 atom stereocenters. The summed E-state index contributed by atoms with van der Waals surface area (Å²) in [5, 5.41) is 9.51. The molecule has 92 valence electrons. The number of ether oxygens (including phenoxy) is 2. The van der Waals surface area contributed by atoms with Crippen LogP contribution in [0.25, 0.3) is 10.9 Å². The molecule has 1 N–H and O–H groups in total. The van der Waals surface area contributed by atoms with Crippen molar-refractivity contribution in [3.05, 3.63) is 30.0 Å². The molecule has 0 saturated carbocycles. The SMILES string of the molecule is CCOC(=O)Oc1ccc2[nH]c(CC#N)cc2c1. The van der Waals surface area contributed by atoms with Crippen LogP contribution in [0.4, 0.5) is 4.79 Å². The van der Waals surface area contributed by atoms with Crippen molar-refractivity contribution in [1.29, 1.82) is 5.26 Å². The lowest BCUT2D eigenvalue weighted by molar-refractivity contribution is 0.104. The van der Waals surface area contributed by atoms with Crippen molar-refractivity contribution in [2.75, 3.05) is 6.61 Å². The summed E-state index contributed by atoms with van der Waals surface area (Å²) in [7, 11) is 0. The van der Waals surface area contributed by atoms with Crippen LogP contribution in [0.3, 0.4) is 0 Å². The third-order valence-corrected chi connectivity index (χ3v) is 2.38. The van der Waals surface area contributed by atoms with E-state index in [1.807, 2.05) is 6.07 Å². The number of aromatic amines is 1. The van der Waals surface area contributed by atoms with Gasteiger partial charge in [-0.25, -0.2) is 4.79 Å². The van der Waals surface area contributed by atoms with E-state index in [9.17, 15) is 4.79 Å². The highest BCUT2D eigenvalue weighted by Crippen LogP contribution is 2.22. The Hall–Kier alpha value is -2.48. The van der Waals surface area contributed by atoms with Gasteiger partial charge in [0.2, 0.25) is 0 Å². The molecule has 1 heterocycles. The molecular weight excluding hydrogens is 232 g/mol. The van der Waals surface area contributed by atoms with Crippen LogP contribution in [0.15, 0.2) is 24.3 Å². The van der Waals surface area contributed by atoms with Crippen LogP contribution in [0.5, 0.6) is 5.75 Å². The number of carbonyl (C=O) groups excluding carboxylic acids is 1. The smallest absolute Gasteiger partial charge is 0.434 e. The van der Waals surface area contributed by atoms with Crippen LogP contribution in [-0.4, -0.2) is 17.7 Å². The highest BCUT2D eigenvalue weighted by atomic mass is 16.7. The lowest BCUT2D eigenvalue weighted by atomic mass is 10.2. The summed E-state index contributed by atoms with van der Waals surface area (Å²) in [5.41, 5.74) is 1.73. The summed E-state index contributed by atoms with van der Waals surface area (Å²) in [4.78, 5) is 14.3. The van der Waals surface area contributed by atoms with Crippen molar-refractivity contribution in [3.63, 3.8) is 0 Å². The van der Waals surface area contributed by atoms with Gasteiger partial charge >= 0.3 is 6.16 Å². The van der Waals surface area contributed by atoms with Crippen molar-refractivity contribution >= 4 is 17.1 Å². The standard InChI is InChI=1S/C13H12N2O3/c1-2-17-13(16)18-11-3-4-12-9(8-11)7-10(15-12)5-6-14/h3-4,7-8,15H,2,5H2,1H3. The second-order valence-corrected chi connectivity index (χ2v) is 3.66. The Morgan fingerprint density at radius 1 is 1.44 bits per heavy atom. The molecule has 0 aliphatic carbocycles. The molecule has 0 saturated heterocycles. The van der Waals surface area contributed by atoms with Crippen molar-refractivity contribution in [2.24, 2.45) is 0 Å². The first kappa shape index (κ1) is 12.0. The van der Waals surface area contributed by atoms with Crippen molar-refractivity contribution in [2.45, 2.75) is 13.3 Å². The van der Waals surface area contributed by atoms with E-state index >= 15 is 0 Å². The van der Waals surface area contributed by atoms with Crippen molar-refractivity contribution < 1.29 is 14.3 Å². The second-order valence-electron chi connectivity index (χ2n) is 3.66. The number of aromatic nitrogens is 1. The number of fused-ring (bicyclic) bond motifs is 1. The van der Waals surface area contributed by atoms with Crippen LogP contribution < -0.4 is 4.74 Å². The number of rotatable bonds is 3. The van der Waals surface area contributed by atoms with E-state index in [1.54, 1.807) is 25.1 Å². The number of hydrogen-bond acceptors (Lipinski definition) is 4. The van der Waals surface area contributed by atoms with Crippen LogP contribution in [-0.2, 0) is 11.2 Å². The zero-order valence-corrected chi connectivity index (χ0v) is 9.90. The number of nitrogens with one attached hydrogen (secondary N) is 1. The molecule has 0 fully saturated rings. The minimum absolute atomic E-state index is 0.275. The Morgan fingerprint density at radius 3 is 3.00 bits per heavy atom. The Bertz CT molecular complexity index is 610. The fourth-order valence-electron chi connectivity index (χ4n) is 1.66. The molecule has 0 spiro atoms. The van der Waals surface area contributed by atoms with Gasteiger partial charge < -0.3 is 14.5 Å². The van der Waals surface area contributed by atoms with Crippen molar-refractivity contribution in [3.8, 4) is 11.8 Å². The van der Waals surface area contributed by atoms with E-state index in [-0.39, 0.29) is 6.61 Å². The van der Waals surface area contributed by atoms with E-state index in [2.05, 4.69) is 15.8 Å². The lowest BCUT2D eigenvalue weighted by Gasteiger charge is -2.03. The molecule has 2 aromatic rings. The maximum Gasteiger partial charge on any atom is 0.513 e. The molecule has 1 aromatic heterocycles. The molecule has 0 amide bonds. The highest BCUT2D eigenvalue weighted by Gasteiger charge is 2.07. The van der Waals surface area contributed by atoms with Gasteiger partial charge in [0.05, 0.1) is 19.1 Å². The molecule has 0 bridgehead atoms. The first-order chi connectivity index (χ1) is 8.72. The molecule has 0 radical (unpaired) electrons. The first-order valence-electron chi connectivity index (χ1n) is 5.56. The van der Waals surface area contributed by atoms with Gasteiger partial charge in [-0.1, -0.05) is 0 Å². The number of nitrogens with zero attached hydrogens (tertiary/aromatic N) is 1. The molecule has 5 nitrogen and oxygen atoms in total. The number of hydrogen-bond donors (Lipinski definition) is 1. The first-order valence-corrected chi connectivity index (χ1v) is 5.56. The maximum atomic E-state index is 11.2. The van der Waals surface area contributed by atoms with E-state index in [4.69, 9.17) is 10.00 Å². The van der Waals surface area contributed by atoms with Crippen LogP contribution in [0.2, 0.25) is 0 Å². The van der Waals surface area contributed by atoms with Gasteiger partial charge in [-0.2, -0.15) is 5.26 Å². The third kappa shape index (κ3) is 2.61. The molecule has 0 aliphatic rings. The van der Waals surface area contributed by atoms with E-state index < -0.39 is 6.16 Å². The predicted octanol–water partition coefficient (Wildman–Crippen LogP) is 2.77. The Kier molecular flexibility index (Phi) is 3.49. The largest absolute Gasteiger partial charge is 0.513 e. The van der Waals surface area contributed by atoms with Gasteiger partial charge in [-0.05, 0) is 31.2 Å². The monoisotopic (exact) mass is 244 g/mol. The van der Waals surface area contributed by atoms with Gasteiger partial charge in [-0.15, -0.1) is 0 Å². The molecule has 0 unspecified atom stereocenters. The average molecular weight is 244 g/mol. The van der Waals surface area contributed by atoms with E-state index in [1.165, 1.54) is 0 Å². The molecule has 0 aliphatic heterocycles. The number of carbonyl (C=O) groups is 1. The predicted molar refractivity (Wildman–Crippen MR) is 65.3 cm³/mol. The molecule has 2 rings (SSSR count). The zero-order valence-electron chi connectivity index (χ0n) is 9.90. The third-order valence-electron chi connectivity index (χ3n) is 2.38. The summed E-state index contributed by atoms with van der Waals surface area (Å²) in [5.74, 6) is 0.420. The van der Waals surface area contributed by atoms with Crippen LogP contribution in [0.1, 0.15) is 12.6 Å². The van der Waals surface area contributed by atoms with Crippen LogP contribution >= 0.6 is 0 Å². The second kappa shape index (κ2) is 5.23. The van der Waals surface area contributed by atoms with Gasteiger partial charge in [-0.3, -0.25) is 0 Å². The molecule has 1 aromatic carbocycles. The molecule has 18 heavy (non-hydrogen) atoms. The summed E-state index contributed by atoms with van der Waals surface area (Å²) in [6.45, 7) is 1.99. The summed E-state index contributed by atoms with van der Waals surface area (Å²) in [6.07, 6.45) is -0.396. The van der Waals surface area contributed by atoms with Gasteiger partial charge in [0.15, 0.2) is 0 Å². The highest BCUT2D eigenvalue weighted by molar-refractivity contribution is 5.82. The molecular formula is C13H12N2O3. The average Bonchev–Trinajstić information content (AvgIpc) is 2.71. The minimum Gasteiger partial charge on any atom is -0.434 e. The fourth-order valence-corrected chi connectivity index (χ4v) is 1.66. The zero-order chi connectivity index (χ0) is 13.0. The van der Waals surface area contributed by atoms with Gasteiger partial charge in [0.25, 0.3) is 0 Å². The van der Waals surface area contributed by atoms with Crippen LogP contribution in [0, 0.1) is 11.3 Å². The normalized spacial score (nSPS) is 10.0. The Labute approximate surface area is 104 Å². The molecule has 5 heteroatoms. The van der Waals surface area contributed by atoms with E-state index in [0.29, 0.717) is 12.2 Å². The summed E-state index contributed by atoms with van der Waals surface area (Å²) in [6, 6.07) is 9.12. The fraction of sp³-hybridized carbons (Fsp3) is 0.231. The van der Waals surface area contributed by atoms with Gasteiger partial charge in [0, 0.05) is 16.6 Å². The van der Waals surface area contributed by atoms with Gasteiger partial charge in [0.1, 0.15) is 5.75 Å². The quantitative estimate of drug-likeness (QED) is 0.665. The Balaban J connectivity index is 2.21. The summed E-state index contributed by atoms with van der Waals surface area (Å²) >= 11 is 0. The number of H-pyrrole nitrogens is 1. The van der Waals surface area contributed by atoms with Crippen molar-refractivity contribution in [1.82, 2.24) is 4.98 Å². The number of benzene rings is 1. The maximum absolute atomic E-state index is 11.2. The summed E-state index contributed by atoms with van der Waals surface area (Å²) < 4.78 is 9.68. The lowest BCUT2D eigenvalue weighted by Crippen LogP contribution is -2.09. The van der Waals surface area contributed by atoms with E-state index in [0.717, 1.165) is 16.6 Å².